The largest absolute Gasteiger partial charge is 0.509 e. The normalized spacial score (nSPS) is 18.4. The van der Waals surface area contributed by atoms with Crippen LogP contribution >= 0.6 is 77.2 Å². The van der Waals surface area contributed by atoms with Gasteiger partial charge in [-0.25, -0.2) is 14.4 Å². The number of para-hydroxylation sites is 1. The number of nitrogens with one attached hydrogen (secondary N) is 2. The van der Waals surface area contributed by atoms with Gasteiger partial charge in [0, 0.05) is 18.4 Å². The molecule has 3 aromatic rings. The number of esters is 4. The van der Waals surface area contributed by atoms with E-state index in [0.717, 1.165) is 135 Å². The number of rotatable bonds is 53. The Balaban J connectivity index is 2.06. The van der Waals surface area contributed by atoms with E-state index in [1.54, 1.807) is 54.6 Å². The van der Waals surface area contributed by atoms with Gasteiger partial charge in [0.1, 0.15) is 49.9 Å². The van der Waals surface area contributed by atoms with Gasteiger partial charge in [-0.3, -0.25) is 23.7 Å². The Morgan fingerprint density at radius 1 is 0.570 bits per heavy atom. The molecule has 0 bridgehead atoms. The third-order valence-electron chi connectivity index (χ3n) is 18.3. The average molecular weight is 1640 g/mol. The zero-order valence-corrected chi connectivity index (χ0v) is 68.5. The molecule has 22 nitrogen and oxygen atoms in total. The zero-order valence-electron chi connectivity index (χ0n) is 63.0. The van der Waals surface area contributed by atoms with Gasteiger partial charge in [-0.1, -0.05) is 317 Å². The van der Waals surface area contributed by atoms with E-state index in [1.165, 1.54) is 50.2 Å². The van der Waals surface area contributed by atoms with Crippen LogP contribution in [0.2, 0.25) is 0 Å². The van der Waals surface area contributed by atoms with Crippen molar-refractivity contribution in [2.45, 2.75) is 314 Å². The lowest BCUT2D eigenvalue weighted by molar-refractivity contribution is -0.330. The van der Waals surface area contributed by atoms with E-state index in [2.05, 4.69) is 24.5 Å². The summed E-state index contributed by atoms with van der Waals surface area (Å²) in [6.45, 7) is 6.90. The summed E-state index contributed by atoms with van der Waals surface area (Å²) < 4.78 is 72.5. The summed E-state index contributed by atoms with van der Waals surface area (Å²) in [4.78, 5) is 126. The minimum absolute atomic E-state index is 0.0204. The lowest BCUT2D eigenvalue weighted by Gasteiger charge is -2.56. The second-order valence-electron chi connectivity index (χ2n) is 27.8. The first-order valence-corrected chi connectivity index (χ1v) is 42.0. The van der Waals surface area contributed by atoms with Crippen LogP contribution in [0.25, 0.3) is 0 Å². The van der Waals surface area contributed by atoms with Crippen LogP contribution in [-0.2, 0) is 83.4 Å². The van der Waals surface area contributed by atoms with Crippen molar-refractivity contribution in [1.82, 2.24) is 10.6 Å². The molecule has 0 radical (unpaired) electrons. The monoisotopic (exact) mass is 1640 g/mol. The molecule has 0 aliphatic carbocycles. The van der Waals surface area contributed by atoms with Gasteiger partial charge in [0.15, 0.2) is 17.7 Å². The Labute approximate surface area is 663 Å². The number of ether oxygens (including phenoxy) is 10. The lowest BCUT2D eigenvalue weighted by Crippen LogP contribution is -2.77. The SMILES string of the molecule is CCCCCCCCCCC[C@H](CC(=O)N[C@@H](COC1(P(=O)(O)O)O[C@H](COC(=O)OC(C)(C)C(Cl)(Cl)Cl)[C@](Oc2ccccc2)(c2ccccc2)[C@H](OC(=O)C[C@@H](CCCCCCCCCCC)OC(=O)CCCCCC)[C@H]1NC(=O)OCC(Cl)(Cl)Cl)C(=O)OCc1ccccc1)OC(=O)CCCCCC. The molecule has 3 aromatic carbocycles. The highest BCUT2D eigenvalue weighted by Gasteiger charge is 2.74. The molecule has 0 saturated carbocycles. The smallest absolute Gasteiger partial charge is 0.476 e. The third kappa shape index (κ3) is 35.2. The Morgan fingerprint density at radius 2 is 1.03 bits per heavy atom. The van der Waals surface area contributed by atoms with Crippen molar-refractivity contribution in [3.05, 3.63) is 102 Å². The second kappa shape index (κ2) is 50.2. The van der Waals surface area contributed by atoms with Crippen LogP contribution in [0.4, 0.5) is 9.59 Å². The van der Waals surface area contributed by atoms with E-state index >= 15 is 9.36 Å². The van der Waals surface area contributed by atoms with E-state index in [0.29, 0.717) is 37.7 Å². The fourth-order valence-corrected chi connectivity index (χ4v) is 13.6. The summed E-state index contributed by atoms with van der Waals surface area (Å²) in [6.07, 6.45) is 12.7. The van der Waals surface area contributed by atoms with Crippen molar-refractivity contribution >= 4 is 119 Å². The second-order valence-corrected chi connectivity index (χ2v) is 34.3. The van der Waals surface area contributed by atoms with E-state index in [1.807, 2.05) is 13.8 Å². The summed E-state index contributed by atoms with van der Waals surface area (Å²) in [6, 6.07) is 18.8. The molecular weight excluding hydrogens is 1530 g/mol. The minimum Gasteiger partial charge on any atom is -0.476 e. The molecule has 29 heteroatoms. The molecule has 2 amide bonds. The standard InChI is InChI=1S/C78H115Cl6N2O20P/c1-7-11-15-19-21-23-25-27-36-48-61(101-66(88)50-40-17-13-9-3)52-65(87)85-63(71(91)97-54-58-42-32-29-33-43-58)55-100-77(107(94,95)96)69(86-72(92)99-57-75(79,80)81)70(103-68(90)53-62(102-67(89)51-41-18-14-10-4)49-37-28-26-24-22-20-16-12-8-2)76(59-44-34-30-35-45-59,104-60-46-38-31-39-47-60)64(105-77)56-98-73(93)106-74(5,6)78(82,83)84/h29-35,38-39,42-47,61-64,69-70H,7-28,36-37,40-41,48-57H2,1-6H3,(H,85,87)(H,86,92)(H2,94,95,96)/t61-,62-,63+,64-,69-,70-,76-,77?/m1/s1. The molecule has 0 spiro atoms. The number of carbonyl (C=O) groups is 7. The number of benzene rings is 3. The molecule has 1 aliphatic rings. The quantitative estimate of drug-likeness (QED) is 0.0134. The number of unbranched alkanes of at least 4 members (excludes halogenated alkanes) is 22. The molecule has 4 rings (SSSR count). The number of hydrogen-bond acceptors (Lipinski definition) is 18. The van der Waals surface area contributed by atoms with Gasteiger partial charge in [-0.2, -0.15) is 0 Å². The minimum atomic E-state index is -6.50. The van der Waals surface area contributed by atoms with Gasteiger partial charge in [0.05, 0.1) is 19.4 Å². The van der Waals surface area contributed by atoms with Gasteiger partial charge in [0.2, 0.25) is 19.1 Å². The molecular formula is C78H115Cl6N2O20P. The maximum Gasteiger partial charge on any atom is 0.509 e. The Bertz CT molecular complexity index is 3110. The van der Waals surface area contributed by atoms with Gasteiger partial charge < -0.3 is 67.8 Å². The summed E-state index contributed by atoms with van der Waals surface area (Å²) in [7, 11) is -6.50. The Kier molecular flexibility index (Phi) is 44.4. The fraction of sp³-hybridized carbons (Fsp3) is 0.679. The summed E-state index contributed by atoms with van der Waals surface area (Å²) in [5, 5.41) is 4.96. The number of alkyl carbamates (subject to hydrolysis) is 1. The van der Waals surface area contributed by atoms with Gasteiger partial charge >= 0.3 is 43.7 Å². The fourth-order valence-electron chi connectivity index (χ4n) is 12.3. The Hall–Kier alpha value is -4.84. The Morgan fingerprint density at radius 3 is 1.50 bits per heavy atom. The first-order valence-electron chi connectivity index (χ1n) is 38.1. The van der Waals surface area contributed by atoms with Gasteiger partial charge in [-0.15, -0.1) is 0 Å². The van der Waals surface area contributed by atoms with Crippen LogP contribution in [0.3, 0.4) is 0 Å². The maximum absolute atomic E-state index is 15.6. The molecule has 1 heterocycles. The van der Waals surface area contributed by atoms with Crippen LogP contribution in [0.15, 0.2) is 91.0 Å². The van der Waals surface area contributed by atoms with E-state index in [4.69, 9.17) is 117 Å². The number of carbonyl (C=O) groups excluding carboxylic acids is 7. The predicted octanol–water partition coefficient (Wildman–Crippen LogP) is 19.5. The van der Waals surface area contributed by atoms with Crippen LogP contribution in [0, 0.1) is 0 Å². The van der Waals surface area contributed by atoms with Crippen LogP contribution < -0.4 is 15.4 Å². The summed E-state index contributed by atoms with van der Waals surface area (Å²) >= 11 is 37.2. The molecule has 1 aliphatic heterocycles. The lowest BCUT2D eigenvalue weighted by atomic mass is 9.76. The van der Waals surface area contributed by atoms with Gasteiger partial charge in [-0.05, 0) is 70.1 Å². The van der Waals surface area contributed by atoms with Crippen molar-refractivity contribution in [2.24, 2.45) is 0 Å². The molecule has 604 valence electrons. The molecule has 1 saturated heterocycles. The van der Waals surface area contributed by atoms with E-state index < -0.39 is 150 Å². The maximum atomic E-state index is 15.6. The van der Waals surface area contributed by atoms with Crippen LogP contribution in [0.1, 0.15) is 258 Å². The number of halogens is 6. The molecule has 107 heavy (non-hydrogen) atoms. The van der Waals surface area contributed by atoms with Crippen molar-refractivity contribution in [3.8, 4) is 5.75 Å². The molecule has 1 unspecified atom stereocenters. The highest BCUT2D eigenvalue weighted by molar-refractivity contribution is 7.53. The van der Waals surface area contributed by atoms with Crippen LogP contribution in [-0.4, -0.2) is 127 Å². The van der Waals surface area contributed by atoms with E-state index in [-0.39, 0.29) is 37.0 Å². The molecule has 4 N–H and O–H groups in total. The zero-order chi connectivity index (χ0) is 78.8. The topological polar surface area (TPSA) is 293 Å². The summed E-state index contributed by atoms with van der Waals surface area (Å²) in [5.74, 6) is -4.55. The van der Waals surface area contributed by atoms with Crippen molar-refractivity contribution in [1.29, 1.82) is 0 Å². The van der Waals surface area contributed by atoms with Crippen molar-refractivity contribution in [3.63, 3.8) is 0 Å². The number of alkyl halides is 6. The number of amides is 2. The van der Waals surface area contributed by atoms with E-state index in [9.17, 15) is 38.6 Å². The van der Waals surface area contributed by atoms with Crippen LogP contribution in [0.5, 0.6) is 5.75 Å². The first-order chi connectivity index (χ1) is 50.9. The molecule has 1 fully saturated rings. The average Bonchev–Trinajstić information content (AvgIpc) is 0.699. The molecule has 8 atom stereocenters. The van der Waals surface area contributed by atoms with Crippen molar-refractivity contribution < 1.29 is 95.3 Å². The first kappa shape index (κ1) is 94.5. The molecule has 0 aromatic heterocycles. The highest BCUT2D eigenvalue weighted by atomic mass is 35.6. The number of hydrogen-bond donors (Lipinski definition) is 4. The predicted molar refractivity (Wildman–Crippen MR) is 414 cm³/mol. The third-order valence-corrected chi connectivity index (χ3v) is 21.3. The van der Waals surface area contributed by atoms with Gasteiger partial charge in [0.25, 0.3) is 5.53 Å². The summed E-state index contributed by atoms with van der Waals surface area (Å²) in [5.41, 5.74) is -8.03. The van der Waals surface area contributed by atoms with Crippen molar-refractivity contribution in [2.75, 3.05) is 19.8 Å². The highest BCUT2D eigenvalue weighted by Crippen LogP contribution is 2.61.